The van der Waals surface area contributed by atoms with Crippen molar-refractivity contribution in [1.29, 1.82) is 0 Å². The number of carbonyl (C=O) groups is 2. The number of benzene rings is 5. The second kappa shape index (κ2) is 11.1. The van der Waals surface area contributed by atoms with Crippen LogP contribution in [-0.4, -0.2) is 23.5 Å². The highest BCUT2D eigenvalue weighted by Crippen LogP contribution is 2.53. The standard InChI is InChI=1S/C38H36O7/c1-22-9-8-10-25(19-22)32-33-28-20-26(41-35(39)44-37(2,3)4)15-11-23(28)13-17-30(33)43-31-18-14-24-12-16-27(21-29(24)34(31)32)42-36(40)45-38(5,6)7/h8-21,32H,1-7H3. The minimum atomic E-state index is -0.771. The molecule has 7 nitrogen and oxygen atoms in total. The van der Waals surface area contributed by atoms with Gasteiger partial charge in [-0.15, -0.1) is 0 Å². The molecule has 7 heteroatoms. The zero-order chi connectivity index (χ0) is 32.1. The topological polar surface area (TPSA) is 80.3 Å². The Kier molecular flexibility index (Phi) is 7.43. The van der Waals surface area contributed by atoms with Crippen molar-refractivity contribution in [1.82, 2.24) is 0 Å². The number of aryl methyl sites for hydroxylation is 1. The minimum absolute atomic E-state index is 0.260. The number of carbonyl (C=O) groups excluding carboxylic acids is 2. The average Bonchev–Trinajstić information content (AvgIpc) is 2.93. The van der Waals surface area contributed by atoms with E-state index in [1.807, 2.05) is 54.6 Å². The number of rotatable bonds is 3. The Morgan fingerprint density at radius 1 is 0.622 bits per heavy atom. The van der Waals surface area contributed by atoms with Gasteiger partial charge in [0.15, 0.2) is 0 Å². The SMILES string of the molecule is Cc1cccc(C2c3c(ccc4ccc(OC(=O)OC(C)(C)C)cc34)Oc3ccc4ccc(OC(=O)OC(C)(C)C)cc4c32)c1. The van der Waals surface area contributed by atoms with Crippen molar-refractivity contribution in [3.63, 3.8) is 0 Å². The van der Waals surface area contributed by atoms with Crippen LogP contribution in [0.1, 0.15) is 69.7 Å². The van der Waals surface area contributed by atoms with Crippen molar-refractivity contribution in [3.05, 3.63) is 107 Å². The summed E-state index contributed by atoms with van der Waals surface area (Å²) < 4.78 is 28.6. The van der Waals surface area contributed by atoms with E-state index in [2.05, 4.69) is 25.1 Å². The summed E-state index contributed by atoms with van der Waals surface area (Å²) in [6.07, 6.45) is -1.54. The van der Waals surface area contributed by atoms with Gasteiger partial charge in [-0.25, -0.2) is 9.59 Å². The van der Waals surface area contributed by atoms with E-state index in [4.69, 9.17) is 23.7 Å². The van der Waals surface area contributed by atoms with Gasteiger partial charge in [0.2, 0.25) is 0 Å². The summed E-state index contributed by atoms with van der Waals surface area (Å²) in [5.41, 5.74) is 2.68. The summed E-state index contributed by atoms with van der Waals surface area (Å²) in [6.45, 7) is 12.8. The molecule has 1 heterocycles. The van der Waals surface area contributed by atoms with Gasteiger partial charge in [0, 0.05) is 17.0 Å². The molecule has 0 saturated carbocycles. The molecule has 6 rings (SSSR count). The number of hydrogen-bond donors (Lipinski definition) is 0. The van der Waals surface area contributed by atoms with Gasteiger partial charge in [0.25, 0.3) is 0 Å². The molecule has 0 aromatic heterocycles. The third-order valence-electron chi connectivity index (χ3n) is 7.34. The maximum atomic E-state index is 12.6. The molecule has 1 aliphatic rings. The fourth-order valence-electron chi connectivity index (χ4n) is 5.68. The fraction of sp³-hybridized carbons (Fsp3) is 0.263. The van der Waals surface area contributed by atoms with Crippen LogP contribution in [0.25, 0.3) is 21.5 Å². The summed E-state index contributed by atoms with van der Waals surface area (Å²) in [5, 5.41) is 3.68. The second-order valence-corrected chi connectivity index (χ2v) is 13.3. The minimum Gasteiger partial charge on any atom is -0.457 e. The van der Waals surface area contributed by atoms with E-state index < -0.39 is 23.5 Å². The predicted molar refractivity (Wildman–Crippen MR) is 174 cm³/mol. The molecular weight excluding hydrogens is 568 g/mol. The summed E-state index contributed by atoms with van der Waals surface area (Å²) in [4.78, 5) is 25.1. The van der Waals surface area contributed by atoms with E-state index in [1.54, 1.807) is 53.7 Å². The first-order chi connectivity index (χ1) is 21.2. The van der Waals surface area contributed by atoms with Crippen LogP contribution in [0.15, 0.2) is 84.9 Å². The predicted octanol–water partition coefficient (Wildman–Crippen LogP) is 10.2. The van der Waals surface area contributed by atoms with E-state index in [1.165, 1.54) is 0 Å². The molecule has 0 amide bonds. The Bertz CT molecular complexity index is 1840. The van der Waals surface area contributed by atoms with Gasteiger partial charge in [-0.2, -0.15) is 0 Å². The van der Waals surface area contributed by atoms with Crippen molar-refractivity contribution in [2.45, 2.75) is 65.6 Å². The number of hydrogen-bond acceptors (Lipinski definition) is 7. The molecule has 0 spiro atoms. The molecule has 5 aromatic carbocycles. The summed E-state index contributed by atoms with van der Waals surface area (Å²) in [5.74, 6) is 1.88. The van der Waals surface area contributed by atoms with Crippen LogP contribution in [0, 0.1) is 6.92 Å². The van der Waals surface area contributed by atoms with E-state index in [0.717, 1.165) is 43.8 Å². The lowest BCUT2D eigenvalue weighted by Gasteiger charge is -2.31. The summed E-state index contributed by atoms with van der Waals surface area (Å²) >= 11 is 0. The zero-order valence-corrected chi connectivity index (χ0v) is 26.5. The lowest BCUT2D eigenvalue weighted by Crippen LogP contribution is -2.26. The largest absolute Gasteiger partial charge is 0.514 e. The van der Waals surface area contributed by atoms with E-state index >= 15 is 0 Å². The van der Waals surface area contributed by atoms with Gasteiger partial charge in [-0.3, -0.25) is 0 Å². The van der Waals surface area contributed by atoms with Crippen LogP contribution in [0.5, 0.6) is 23.0 Å². The molecule has 0 aliphatic carbocycles. The Hall–Kier alpha value is -5.04. The molecule has 0 unspecified atom stereocenters. The third kappa shape index (κ3) is 6.43. The van der Waals surface area contributed by atoms with Gasteiger partial charge < -0.3 is 23.7 Å². The highest BCUT2D eigenvalue weighted by Gasteiger charge is 2.33. The number of fused-ring (bicyclic) bond motifs is 6. The first-order valence-electron chi connectivity index (χ1n) is 14.9. The maximum Gasteiger partial charge on any atom is 0.514 e. The summed E-state index contributed by atoms with van der Waals surface area (Å²) in [7, 11) is 0. The molecule has 1 aliphatic heterocycles. The molecule has 0 N–H and O–H groups in total. The normalized spacial score (nSPS) is 13.0. The third-order valence-corrected chi connectivity index (χ3v) is 7.34. The number of ether oxygens (including phenoxy) is 5. The molecule has 5 aromatic rings. The van der Waals surface area contributed by atoms with E-state index in [0.29, 0.717) is 23.0 Å². The smallest absolute Gasteiger partial charge is 0.457 e. The molecule has 0 fully saturated rings. The fourth-order valence-corrected chi connectivity index (χ4v) is 5.68. The first-order valence-corrected chi connectivity index (χ1v) is 14.9. The zero-order valence-electron chi connectivity index (χ0n) is 26.5. The lowest BCUT2D eigenvalue weighted by atomic mass is 9.78. The van der Waals surface area contributed by atoms with Gasteiger partial charge in [0.1, 0.15) is 34.2 Å². The van der Waals surface area contributed by atoms with Gasteiger partial charge in [0.05, 0.1) is 0 Å². The average molecular weight is 605 g/mol. The molecule has 0 atom stereocenters. The molecular formula is C38H36O7. The lowest BCUT2D eigenvalue weighted by molar-refractivity contribution is 0.0193. The van der Waals surface area contributed by atoms with Gasteiger partial charge >= 0.3 is 12.3 Å². The molecule has 0 radical (unpaired) electrons. The second-order valence-electron chi connectivity index (χ2n) is 13.3. The van der Waals surface area contributed by atoms with Crippen molar-refractivity contribution in [2.75, 3.05) is 0 Å². The molecule has 45 heavy (non-hydrogen) atoms. The van der Waals surface area contributed by atoms with Crippen LogP contribution >= 0.6 is 0 Å². The van der Waals surface area contributed by atoms with Crippen molar-refractivity contribution in [2.24, 2.45) is 0 Å². The quantitative estimate of drug-likeness (QED) is 0.147. The monoisotopic (exact) mass is 604 g/mol. The van der Waals surface area contributed by atoms with E-state index in [9.17, 15) is 9.59 Å². The van der Waals surface area contributed by atoms with Crippen LogP contribution in [0.2, 0.25) is 0 Å². The first kappa shape index (κ1) is 30.0. The summed E-state index contributed by atoms with van der Waals surface area (Å²) in [6, 6.07) is 27.4. The molecule has 0 bridgehead atoms. The molecule has 230 valence electrons. The Balaban J connectivity index is 1.53. The van der Waals surface area contributed by atoms with Crippen molar-refractivity contribution >= 4 is 33.9 Å². The van der Waals surface area contributed by atoms with Crippen LogP contribution in [0.3, 0.4) is 0 Å². The Morgan fingerprint density at radius 2 is 1.09 bits per heavy atom. The van der Waals surface area contributed by atoms with Crippen LogP contribution < -0.4 is 14.2 Å². The Labute approximate surface area is 262 Å². The van der Waals surface area contributed by atoms with Crippen molar-refractivity contribution in [3.8, 4) is 23.0 Å². The maximum absolute atomic E-state index is 12.6. The van der Waals surface area contributed by atoms with Gasteiger partial charge in [-0.05, 0) is 112 Å². The Morgan fingerprint density at radius 3 is 1.53 bits per heavy atom. The van der Waals surface area contributed by atoms with Crippen LogP contribution in [-0.2, 0) is 9.47 Å². The highest BCUT2D eigenvalue weighted by atomic mass is 16.7. The van der Waals surface area contributed by atoms with Crippen LogP contribution in [0.4, 0.5) is 9.59 Å². The molecule has 0 saturated heterocycles. The van der Waals surface area contributed by atoms with Gasteiger partial charge in [-0.1, -0.05) is 54.1 Å². The highest BCUT2D eigenvalue weighted by molar-refractivity contribution is 5.96. The van der Waals surface area contributed by atoms with E-state index in [-0.39, 0.29) is 5.92 Å². The van der Waals surface area contributed by atoms with Crippen molar-refractivity contribution < 1.29 is 33.3 Å².